The van der Waals surface area contributed by atoms with Gasteiger partial charge in [-0.25, -0.2) is 0 Å². The molecule has 17 heavy (non-hydrogen) atoms. The van der Waals surface area contributed by atoms with E-state index in [1.54, 1.807) is 0 Å². The van der Waals surface area contributed by atoms with Gasteiger partial charge in [0.2, 0.25) is 5.91 Å². The number of rotatable bonds is 5. The van der Waals surface area contributed by atoms with Crippen LogP contribution in [0.3, 0.4) is 0 Å². The van der Waals surface area contributed by atoms with Gasteiger partial charge in [-0.05, 0) is 51.1 Å². The van der Waals surface area contributed by atoms with Crippen molar-refractivity contribution in [1.82, 2.24) is 10.2 Å². The summed E-state index contributed by atoms with van der Waals surface area (Å²) in [5.41, 5.74) is 0. The molecule has 1 amide bonds. The van der Waals surface area contributed by atoms with Gasteiger partial charge in [-0.3, -0.25) is 4.79 Å². The van der Waals surface area contributed by atoms with Gasteiger partial charge in [-0.1, -0.05) is 0 Å². The third-order valence-corrected chi connectivity index (χ3v) is 3.77. The number of nitrogens with one attached hydrogen (secondary N) is 1. The highest BCUT2D eigenvalue weighted by molar-refractivity contribution is 5.77. The standard InChI is InChI=1S/C13H24N2O2/c16-13(15-7-2-1-3-8-15)11-17-9-5-12-4-6-14-10-12/h12,14H,1-11H2. The van der Waals surface area contributed by atoms with E-state index in [4.69, 9.17) is 4.74 Å². The molecule has 2 fully saturated rings. The number of hydrogen-bond donors (Lipinski definition) is 1. The van der Waals surface area contributed by atoms with Crippen LogP contribution in [0.25, 0.3) is 0 Å². The van der Waals surface area contributed by atoms with Crippen molar-refractivity contribution in [2.45, 2.75) is 32.1 Å². The Morgan fingerprint density at radius 2 is 2.12 bits per heavy atom. The SMILES string of the molecule is O=C(COCCC1CCNC1)N1CCCCC1. The summed E-state index contributed by atoms with van der Waals surface area (Å²) in [6, 6.07) is 0. The molecule has 0 saturated carbocycles. The van der Waals surface area contributed by atoms with Gasteiger partial charge in [0, 0.05) is 19.7 Å². The van der Waals surface area contributed by atoms with Crippen molar-refractivity contribution in [1.29, 1.82) is 0 Å². The second-order valence-electron chi connectivity index (χ2n) is 5.14. The van der Waals surface area contributed by atoms with Gasteiger partial charge < -0.3 is 15.0 Å². The van der Waals surface area contributed by atoms with Crippen LogP contribution in [0.4, 0.5) is 0 Å². The predicted octanol–water partition coefficient (Wildman–Crippen LogP) is 1.02. The lowest BCUT2D eigenvalue weighted by Gasteiger charge is -2.26. The van der Waals surface area contributed by atoms with E-state index in [9.17, 15) is 4.79 Å². The monoisotopic (exact) mass is 240 g/mol. The van der Waals surface area contributed by atoms with Crippen LogP contribution in [0.15, 0.2) is 0 Å². The first-order valence-electron chi connectivity index (χ1n) is 6.92. The third kappa shape index (κ3) is 4.28. The summed E-state index contributed by atoms with van der Waals surface area (Å²) in [7, 11) is 0. The molecular formula is C13H24N2O2. The van der Waals surface area contributed by atoms with Crippen molar-refractivity contribution in [3.05, 3.63) is 0 Å². The minimum Gasteiger partial charge on any atom is -0.372 e. The van der Waals surface area contributed by atoms with Crippen LogP contribution in [0, 0.1) is 5.92 Å². The number of carbonyl (C=O) groups excluding carboxylic acids is 1. The number of ether oxygens (including phenoxy) is 1. The fourth-order valence-electron chi connectivity index (χ4n) is 2.60. The summed E-state index contributed by atoms with van der Waals surface area (Å²) in [5.74, 6) is 0.925. The van der Waals surface area contributed by atoms with Crippen LogP contribution in [-0.4, -0.2) is 50.2 Å². The molecular weight excluding hydrogens is 216 g/mol. The lowest BCUT2D eigenvalue weighted by Crippen LogP contribution is -2.38. The summed E-state index contributed by atoms with van der Waals surface area (Å²) in [4.78, 5) is 13.7. The second-order valence-corrected chi connectivity index (χ2v) is 5.14. The zero-order valence-corrected chi connectivity index (χ0v) is 10.6. The zero-order valence-electron chi connectivity index (χ0n) is 10.6. The molecule has 98 valence electrons. The first-order chi connectivity index (χ1) is 8.36. The Labute approximate surface area is 104 Å². The van der Waals surface area contributed by atoms with Crippen molar-refractivity contribution in [3.8, 4) is 0 Å². The second kappa shape index (κ2) is 6.97. The Bertz CT molecular complexity index is 234. The lowest BCUT2D eigenvalue weighted by molar-refractivity contribution is -0.137. The molecule has 1 unspecified atom stereocenters. The first-order valence-corrected chi connectivity index (χ1v) is 6.92. The molecule has 4 nitrogen and oxygen atoms in total. The van der Waals surface area contributed by atoms with Crippen molar-refractivity contribution < 1.29 is 9.53 Å². The van der Waals surface area contributed by atoms with Crippen LogP contribution >= 0.6 is 0 Å². The number of nitrogens with zero attached hydrogens (tertiary/aromatic N) is 1. The maximum Gasteiger partial charge on any atom is 0.248 e. The van der Waals surface area contributed by atoms with Crippen LogP contribution in [0.2, 0.25) is 0 Å². The van der Waals surface area contributed by atoms with Crippen LogP contribution in [0.1, 0.15) is 32.1 Å². The topological polar surface area (TPSA) is 41.6 Å². The minimum absolute atomic E-state index is 0.175. The number of hydrogen-bond acceptors (Lipinski definition) is 3. The summed E-state index contributed by atoms with van der Waals surface area (Å²) < 4.78 is 5.49. The van der Waals surface area contributed by atoms with E-state index in [0.717, 1.165) is 58.0 Å². The number of amides is 1. The van der Waals surface area contributed by atoms with E-state index in [1.807, 2.05) is 4.90 Å². The summed E-state index contributed by atoms with van der Waals surface area (Å²) in [6.45, 7) is 5.11. The normalized spacial score (nSPS) is 25.2. The number of carbonyl (C=O) groups is 1. The fourth-order valence-corrected chi connectivity index (χ4v) is 2.60. The number of likely N-dealkylation sites (tertiary alicyclic amines) is 1. The van der Waals surface area contributed by atoms with Gasteiger partial charge in [0.05, 0.1) is 0 Å². The van der Waals surface area contributed by atoms with Crippen molar-refractivity contribution in [3.63, 3.8) is 0 Å². The summed E-state index contributed by atoms with van der Waals surface area (Å²) >= 11 is 0. The highest BCUT2D eigenvalue weighted by Crippen LogP contribution is 2.12. The number of piperidine rings is 1. The Morgan fingerprint density at radius 1 is 1.29 bits per heavy atom. The molecule has 0 aromatic heterocycles. The van der Waals surface area contributed by atoms with Crippen LogP contribution in [-0.2, 0) is 9.53 Å². The molecule has 0 aromatic rings. The van der Waals surface area contributed by atoms with E-state index in [1.165, 1.54) is 12.8 Å². The molecule has 2 aliphatic rings. The maximum absolute atomic E-state index is 11.8. The van der Waals surface area contributed by atoms with Crippen LogP contribution < -0.4 is 5.32 Å². The van der Waals surface area contributed by atoms with E-state index in [0.29, 0.717) is 0 Å². The Morgan fingerprint density at radius 3 is 2.82 bits per heavy atom. The predicted molar refractivity (Wildman–Crippen MR) is 66.8 cm³/mol. The molecule has 1 N–H and O–H groups in total. The van der Waals surface area contributed by atoms with Gasteiger partial charge in [0.25, 0.3) is 0 Å². The van der Waals surface area contributed by atoms with E-state index in [-0.39, 0.29) is 12.5 Å². The molecule has 0 radical (unpaired) electrons. The van der Waals surface area contributed by atoms with Gasteiger partial charge >= 0.3 is 0 Å². The summed E-state index contributed by atoms with van der Waals surface area (Å²) in [5, 5.41) is 3.34. The van der Waals surface area contributed by atoms with Gasteiger partial charge in [0.1, 0.15) is 6.61 Å². The van der Waals surface area contributed by atoms with Gasteiger partial charge in [-0.2, -0.15) is 0 Å². The maximum atomic E-state index is 11.8. The van der Waals surface area contributed by atoms with Crippen LogP contribution in [0.5, 0.6) is 0 Å². The minimum atomic E-state index is 0.175. The Balaban J connectivity index is 1.53. The van der Waals surface area contributed by atoms with Gasteiger partial charge in [0.15, 0.2) is 0 Å². The Kier molecular flexibility index (Phi) is 5.26. The molecule has 4 heteroatoms. The molecule has 1 atom stereocenters. The van der Waals surface area contributed by atoms with Crippen molar-refractivity contribution >= 4 is 5.91 Å². The van der Waals surface area contributed by atoms with E-state index >= 15 is 0 Å². The average molecular weight is 240 g/mol. The average Bonchev–Trinajstić information content (AvgIpc) is 2.88. The Hall–Kier alpha value is -0.610. The molecule has 0 aromatic carbocycles. The molecule has 0 bridgehead atoms. The summed E-state index contributed by atoms with van der Waals surface area (Å²) in [6.07, 6.45) is 5.90. The molecule has 2 rings (SSSR count). The fraction of sp³-hybridized carbons (Fsp3) is 0.923. The van der Waals surface area contributed by atoms with E-state index < -0.39 is 0 Å². The highest BCUT2D eigenvalue weighted by atomic mass is 16.5. The molecule has 0 spiro atoms. The first kappa shape index (κ1) is 12.8. The largest absolute Gasteiger partial charge is 0.372 e. The quantitative estimate of drug-likeness (QED) is 0.729. The lowest BCUT2D eigenvalue weighted by atomic mass is 10.1. The zero-order chi connectivity index (χ0) is 11.9. The van der Waals surface area contributed by atoms with Crippen molar-refractivity contribution in [2.75, 3.05) is 39.4 Å². The van der Waals surface area contributed by atoms with Crippen molar-refractivity contribution in [2.24, 2.45) is 5.92 Å². The molecule has 2 saturated heterocycles. The van der Waals surface area contributed by atoms with E-state index in [2.05, 4.69) is 5.32 Å². The highest BCUT2D eigenvalue weighted by Gasteiger charge is 2.17. The molecule has 2 heterocycles. The van der Waals surface area contributed by atoms with Gasteiger partial charge in [-0.15, -0.1) is 0 Å². The smallest absolute Gasteiger partial charge is 0.248 e. The third-order valence-electron chi connectivity index (χ3n) is 3.77. The molecule has 2 aliphatic heterocycles. The molecule has 0 aliphatic carbocycles.